The third-order valence-corrected chi connectivity index (χ3v) is 3.31. The molecule has 0 fully saturated rings. The molecule has 18 heavy (non-hydrogen) atoms. The van der Waals surface area contributed by atoms with E-state index in [2.05, 4.69) is 10.1 Å². The number of anilines is 1. The number of nitrogens with zero attached hydrogens (tertiary/aromatic N) is 2. The van der Waals surface area contributed by atoms with Crippen molar-refractivity contribution >= 4 is 17.4 Å². The number of rotatable bonds is 4. The number of benzene rings is 1. The van der Waals surface area contributed by atoms with Crippen molar-refractivity contribution in [1.29, 1.82) is 0 Å². The highest BCUT2D eigenvalue weighted by Gasteiger charge is 2.10. The SMILES string of the molecule is CC(C)c1noc(CSc2ccc(N)c(F)c2)n1. The van der Waals surface area contributed by atoms with Crippen LogP contribution in [-0.4, -0.2) is 10.1 Å². The Morgan fingerprint density at radius 1 is 1.44 bits per heavy atom. The molecule has 6 heteroatoms. The highest BCUT2D eigenvalue weighted by atomic mass is 32.2. The highest BCUT2D eigenvalue weighted by Crippen LogP contribution is 2.25. The van der Waals surface area contributed by atoms with E-state index in [-0.39, 0.29) is 11.6 Å². The Morgan fingerprint density at radius 3 is 2.83 bits per heavy atom. The molecule has 4 nitrogen and oxygen atoms in total. The molecule has 0 aliphatic carbocycles. The lowest BCUT2D eigenvalue weighted by molar-refractivity contribution is 0.383. The van der Waals surface area contributed by atoms with E-state index in [1.54, 1.807) is 12.1 Å². The van der Waals surface area contributed by atoms with E-state index in [1.165, 1.54) is 17.8 Å². The number of aromatic nitrogens is 2. The summed E-state index contributed by atoms with van der Waals surface area (Å²) in [6, 6.07) is 4.72. The maximum atomic E-state index is 13.2. The zero-order valence-corrected chi connectivity index (χ0v) is 11.0. The van der Waals surface area contributed by atoms with Gasteiger partial charge in [0.15, 0.2) is 5.82 Å². The smallest absolute Gasteiger partial charge is 0.237 e. The lowest BCUT2D eigenvalue weighted by Gasteiger charge is -2.00. The minimum atomic E-state index is -0.409. The molecule has 2 N–H and O–H groups in total. The summed E-state index contributed by atoms with van der Waals surface area (Å²) in [5, 5.41) is 3.87. The van der Waals surface area contributed by atoms with Gasteiger partial charge in [-0.1, -0.05) is 19.0 Å². The van der Waals surface area contributed by atoms with E-state index in [0.29, 0.717) is 17.5 Å². The van der Waals surface area contributed by atoms with Gasteiger partial charge in [0.25, 0.3) is 0 Å². The summed E-state index contributed by atoms with van der Waals surface area (Å²) < 4.78 is 18.3. The Hall–Kier alpha value is -1.56. The summed E-state index contributed by atoms with van der Waals surface area (Å²) >= 11 is 1.43. The average molecular weight is 267 g/mol. The van der Waals surface area contributed by atoms with E-state index in [1.807, 2.05) is 13.8 Å². The molecule has 0 spiro atoms. The van der Waals surface area contributed by atoms with Crippen molar-refractivity contribution < 1.29 is 8.91 Å². The van der Waals surface area contributed by atoms with Crippen LogP contribution in [0, 0.1) is 5.82 Å². The molecule has 2 aromatic rings. The van der Waals surface area contributed by atoms with Crippen molar-refractivity contribution in [3.63, 3.8) is 0 Å². The van der Waals surface area contributed by atoms with Crippen LogP contribution in [0.5, 0.6) is 0 Å². The Morgan fingerprint density at radius 2 is 2.22 bits per heavy atom. The first kappa shape index (κ1) is 12.9. The predicted molar refractivity (Wildman–Crippen MR) is 68.8 cm³/mol. The number of hydrogen-bond donors (Lipinski definition) is 1. The quantitative estimate of drug-likeness (QED) is 0.680. The largest absolute Gasteiger partial charge is 0.396 e. The third-order valence-electron chi connectivity index (χ3n) is 2.33. The molecule has 0 radical (unpaired) electrons. The summed E-state index contributed by atoms with van der Waals surface area (Å²) in [7, 11) is 0. The number of thioether (sulfide) groups is 1. The van der Waals surface area contributed by atoms with Gasteiger partial charge in [0.2, 0.25) is 5.89 Å². The van der Waals surface area contributed by atoms with Crippen LogP contribution in [0.25, 0.3) is 0 Å². The van der Waals surface area contributed by atoms with Gasteiger partial charge in [0, 0.05) is 10.8 Å². The standard InChI is InChI=1S/C12H14FN3OS/c1-7(2)12-15-11(17-16-12)6-18-8-3-4-10(14)9(13)5-8/h3-5,7H,6,14H2,1-2H3. The summed E-state index contributed by atoms with van der Waals surface area (Å²) in [5.41, 5.74) is 5.56. The van der Waals surface area contributed by atoms with Crippen LogP contribution in [0.3, 0.4) is 0 Å². The summed E-state index contributed by atoms with van der Waals surface area (Å²) in [5.74, 6) is 1.58. The van der Waals surface area contributed by atoms with Crippen molar-refractivity contribution in [3.05, 3.63) is 35.7 Å². The van der Waals surface area contributed by atoms with Gasteiger partial charge < -0.3 is 10.3 Å². The molecule has 0 saturated carbocycles. The van der Waals surface area contributed by atoms with Crippen LogP contribution >= 0.6 is 11.8 Å². The Labute approximate surface area is 109 Å². The fourth-order valence-corrected chi connectivity index (χ4v) is 2.06. The first-order valence-electron chi connectivity index (χ1n) is 5.56. The summed E-state index contributed by atoms with van der Waals surface area (Å²) in [6.07, 6.45) is 0. The molecule has 0 amide bonds. The van der Waals surface area contributed by atoms with Gasteiger partial charge in [-0.3, -0.25) is 0 Å². The van der Waals surface area contributed by atoms with E-state index in [9.17, 15) is 4.39 Å². The molecule has 1 aromatic carbocycles. The summed E-state index contributed by atoms with van der Waals surface area (Å²) in [4.78, 5) is 5.03. The first-order chi connectivity index (χ1) is 8.56. The van der Waals surface area contributed by atoms with Crippen molar-refractivity contribution in [3.8, 4) is 0 Å². The van der Waals surface area contributed by atoms with Gasteiger partial charge in [-0.15, -0.1) is 11.8 Å². The predicted octanol–water partition coefficient (Wildman–Crippen LogP) is 3.21. The molecule has 96 valence electrons. The Kier molecular flexibility index (Phi) is 3.86. The van der Waals surface area contributed by atoms with Crippen LogP contribution in [0.1, 0.15) is 31.5 Å². The van der Waals surface area contributed by atoms with E-state index in [4.69, 9.17) is 10.3 Å². The molecule has 0 unspecified atom stereocenters. The van der Waals surface area contributed by atoms with Crippen LogP contribution in [-0.2, 0) is 5.75 Å². The van der Waals surface area contributed by atoms with E-state index < -0.39 is 5.82 Å². The van der Waals surface area contributed by atoms with Crippen LogP contribution in [0.4, 0.5) is 10.1 Å². The van der Waals surface area contributed by atoms with Gasteiger partial charge in [-0.25, -0.2) is 4.39 Å². The molecule has 0 aliphatic rings. The Balaban J connectivity index is 2.00. The molecule has 1 heterocycles. The number of nitrogen functional groups attached to an aromatic ring is 1. The third kappa shape index (κ3) is 3.01. The lowest BCUT2D eigenvalue weighted by atomic mass is 10.2. The summed E-state index contributed by atoms with van der Waals surface area (Å²) in [6.45, 7) is 3.99. The second-order valence-corrected chi connectivity index (χ2v) is 5.22. The monoisotopic (exact) mass is 267 g/mol. The maximum absolute atomic E-state index is 13.2. The molecule has 0 atom stereocenters. The number of halogens is 1. The van der Waals surface area contributed by atoms with Gasteiger partial charge in [0.05, 0.1) is 11.4 Å². The van der Waals surface area contributed by atoms with Crippen molar-refractivity contribution in [2.24, 2.45) is 0 Å². The van der Waals surface area contributed by atoms with Gasteiger partial charge in [-0.05, 0) is 18.2 Å². The zero-order valence-electron chi connectivity index (χ0n) is 10.2. The van der Waals surface area contributed by atoms with Crippen LogP contribution in [0.15, 0.2) is 27.6 Å². The van der Waals surface area contributed by atoms with E-state index in [0.717, 1.165) is 4.90 Å². The van der Waals surface area contributed by atoms with Gasteiger partial charge >= 0.3 is 0 Å². The fraction of sp³-hybridized carbons (Fsp3) is 0.333. The lowest BCUT2D eigenvalue weighted by Crippen LogP contribution is -1.91. The minimum Gasteiger partial charge on any atom is -0.396 e. The highest BCUT2D eigenvalue weighted by molar-refractivity contribution is 7.98. The topological polar surface area (TPSA) is 64.9 Å². The average Bonchev–Trinajstić information content (AvgIpc) is 2.79. The van der Waals surface area contributed by atoms with Crippen LogP contribution in [0.2, 0.25) is 0 Å². The molecule has 0 bridgehead atoms. The molecular formula is C12H14FN3OS. The second kappa shape index (κ2) is 5.39. The van der Waals surface area contributed by atoms with Gasteiger partial charge in [0.1, 0.15) is 5.82 Å². The molecular weight excluding hydrogens is 253 g/mol. The first-order valence-corrected chi connectivity index (χ1v) is 6.55. The molecule has 0 aliphatic heterocycles. The zero-order chi connectivity index (χ0) is 13.1. The Bertz CT molecular complexity index is 542. The number of nitrogens with two attached hydrogens (primary N) is 1. The van der Waals surface area contributed by atoms with Crippen molar-refractivity contribution in [2.45, 2.75) is 30.4 Å². The van der Waals surface area contributed by atoms with Crippen molar-refractivity contribution in [2.75, 3.05) is 5.73 Å². The molecule has 0 saturated heterocycles. The van der Waals surface area contributed by atoms with E-state index >= 15 is 0 Å². The minimum absolute atomic E-state index is 0.152. The van der Waals surface area contributed by atoms with Crippen molar-refractivity contribution in [1.82, 2.24) is 10.1 Å². The molecule has 1 aromatic heterocycles. The van der Waals surface area contributed by atoms with Gasteiger partial charge in [-0.2, -0.15) is 4.98 Å². The molecule has 2 rings (SSSR count). The van der Waals surface area contributed by atoms with Crippen LogP contribution < -0.4 is 5.73 Å². The fourth-order valence-electron chi connectivity index (χ4n) is 1.30. The maximum Gasteiger partial charge on any atom is 0.237 e. The number of hydrogen-bond acceptors (Lipinski definition) is 5. The normalized spacial score (nSPS) is 11.1. The second-order valence-electron chi connectivity index (χ2n) is 4.17.